The van der Waals surface area contributed by atoms with E-state index >= 15 is 0 Å². The van der Waals surface area contributed by atoms with Crippen molar-refractivity contribution in [2.75, 3.05) is 5.73 Å². The Hall–Kier alpha value is -2.41. The lowest BCUT2D eigenvalue weighted by Gasteiger charge is -2.18. The zero-order valence-electron chi connectivity index (χ0n) is 19.0. The highest BCUT2D eigenvalue weighted by Crippen LogP contribution is 2.30. The second kappa shape index (κ2) is 7.58. The highest BCUT2D eigenvalue weighted by molar-refractivity contribution is 9.10. The molecule has 2 N–H and O–H groups in total. The van der Waals surface area contributed by atoms with Crippen LogP contribution in [0.1, 0.15) is 0 Å². The molecule has 4 heteroatoms. The number of benzene rings is 4. The van der Waals surface area contributed by atoms with Crippen LogP contribution in [0.25, 0.3) is 22.3 Å². The minimum atomic E-state index is -1.49. The van der Waals surface area contributed by atoms with Crippen molar-refractivity contribution in [3.63, 3.8) is 0 Å². The minimum Gasteiger partial charge on any atom is -0.399 e. The van der Waals surface area contributed by atoms with Crippen LogP contribution in [0.4, 0.5) is 5.69 Å². The molecule has 4 aromatic rings. The molecule has 4 aromatic carbocycles. The molecule has 2 heterocycles. The molecule has 0 fully saturated rings. The van der Waals surface area contributed by atoms with Gasteiger partial charge in [-0.2, -0.15) is 0 Å². The molecule has 2 aliphatic rings. The van der Waals surface area contributed by atoms with Crippen LogP contribution in [0.3, 0.4) is 0 Å². The summed E-state index contributed by atoms with van der Waals surface area (Å²) in [6.07, 6.45) is 0. The van der Waals surface area contributed by atoms with Gasteiger partial charge in [0.1, 0.15) is 16.1 Å². The largest absolute Gasteiger partial charge is 0.399 e. The van der Waals surface area contributed by atoms with Crippen molar-refractivity contribution in [2.24, 2.45) is 0 Å². The van der Waals surface area contributed by atoms with Crippen LogP contribution < -0.4 is 26.5 Å². The monoisotopic (exact) mass is 513 g/mol. The molecule has 0 amide bonds. The van der Waals surface area contributed by atoms with E-state index in [-0.39, 0.29) is 0 Å². The number of nitrogen functional groups attached to an aromatic ring is 1. The Morgan fingerprint density at radius 3 is 1.53 bits per heavy atom. The lowest BCUT2D eigenvalue weighted by Crippen LogP contribution is -2.49. The van der Waals surface area contributed by atoms with Crippen LogP contribution >= 0.6 is 15.9 Å². The van der Waals surface area contributed by atoms with E-state index in [0.717, 1.165) is 5.69 Å². The zero-order valence-corrected chi connectivity index (χ0v) is 22.6. The maximum absolute atomic E-state index is 5.91. The molecule has 0 atom stereocenters. The predicted molar refractivity (Wildman–Crippen MR) is 149 cm³/mol. The van der Waals surface area contributed by atoms with Gasteiger partial charge in [0.15, 0.2) is 0 Å². The molecule has 0 saturated carbocycles. The van der Waals surface area contributed by atoms with Crippen molar-refractivity contribution in [1.29, 1.82) is 0 Å². The first-order chi connectivity index (χ1) is 15.2. The molecule has 2 aliphatic heterocycles. The first kappa shape index (κ1) is 21.4. The van der Waals surface area contributed by atoms with Gasteiger partial charge >= 0.3 is 0 Å². The summed E-state index contributed by atoms with van der Waals surface area (Å²) in [6.45, 7) is 9.67. The maximum atomic E-state index is 5.91. The van der Waals surface area contributed by atoms with Crippen LogP contribution in [-0.2, 0) is 0 Å². The van der Waals surface area contributed by atoms with Gasteiger partial charge < -0.3 is 5.73 Å². The van der Waals surface area contributed by atoms with Gasteiger partial charge in [-0.1, -0.05) is 103 Å². The Balaban J connectivity index is 0.000000135. The van der Waals surface area contributed by atoms with Crippen molar-refractivity contribution >= 4 is 58.5 Å². The molecule has 0 bridgehead atoms. The smallest absolute Gasteiger partial charge is 0.113 e. The quantitative estimate of drug-likeness (QED) is 0.249. The molecule has 160 valence electrons. The lowest BCUT2D eigenvalue weighted by atomic mass is 10.1. The van der Waals surface area contributed by atoms with Gasteiger partial charge in [0.05, 0.1) is 0 Å². The first-order valence-electron chi connectivity index (χ1n) is 11.1. The van der Waals surface area contributed by atoms with Crippen LogP contribution in [0.2, 0.25) is 26.2 Å². The molecule has 0 saturated heterocycles. The standard InChI is InChI=1S/C14H13BrSi.C14H15NSi/c2*1-16(2)13-6-4-3-5-11(13)12-8-7-10(15)9-14(12)16/h3-9H,1-2H3;3-9H,15H2,1-2H3. The van der Waals surface area contributed by atoms with Gasteiger partial charge in [-0.3, -0.25) is 0 Å². The lowest BCUT2D eigenvalue weighted by molar-refractivity contribution is 1.67. The van der Waals surface area contributed by atoms with Gasteiger partial charge in [-0.15, -0.1) is 0 Å². The highest BCUT2D eigenvalue weighted by Gasteiger charge is 2.37. The van der Waals surface area contributed by atoms with E-state index in [1.165, 1.54) is 37.1 Å². The van der Waals surface area contributed by atoms with Gasteiger partial charge in [0, 0.05) is 10.2 Å². The number of rotatable bonds is 0. The van der Waals surface area contributed by atoms with Crippen molar-refractivity contribution in [2.45, 2.75) is 26.2 Å². The van der Waals surface area contributed by atoms with Crippen LogP contribution in [-0.4, -0.2) is 16.1 Å². The van der Waals surface area contributed by atoms with Gasteiger partial charge in [0.25, 0.3) is 0 Å². The van der Waals surface area contributed by atoms with Crippen molar-refractivity contribution in [3.8, 4) is 22.3 Å². The number of anilines is 1. The van der Waals surface area contributed by atoms with E-state index in [9.17, 15) is 0 Å². The molecule has 0 aromatic heterocycles. The number of fused-ring (bicyclic) bond motifs is 6. The van der Waals surface area contributed by atoms with E-state index in [4.69, 9.17) is 5.73 Å². The fraction of sp³-hybridized carbons (Fsp3) is 0.143. The summed E-state index contributed by atoms with van der Waals surface area (Å²) in [6, 6.07) is 30.7. The van der Waals surface area contributed by atoms with E-state index in [2.05, 4.69) is 121 Å². The molecule has 32 heavy (non-hydrogen) atoms. The Morgan fingerprint density at radius 2 is 0.969 bits per heavy atom. The Kier molecular flexibility index (Phi) is 5.08. The average molecular weight is 515 g/mol. The first-order valence-corrected chi connectivity index (χ1v) is 17.9. The number of nitrogens with two attached hydrogens (primary N) is 1. The molecule has 0 unspecified atom stereocenters. The van der Waals surface area contributed by atoms with E-state index in [1.807, 2.05) is 6.07 Å². The second-order valence-electron chi connectivity index (χ2n) is 9.84. The summed E-state index contributed by atoms with van der Waals surface area (Å²) >= 11 is 3.58. The minimum absolute atomic E-state index is 0.882. The van der Waals surface area contributed by atoms with Gasteiger partial charge in [-0.05, 0) is 67.3 Å². The highest BCUT2D eigenvalue weighted by atomic mass is 79.9. The van der Waals surface area contributed by atoms with Crippen molar-refractivity contribution in [3.05, 3.63) is 89.4 Å². The summed E-state index contributed by atoms with van der Waals surface area (Å²) in [5.74, 6) is 0. The predicted octanol–water partition coefficient (Wildman–Crippen LogP) is 5.32. The molecule has 0 aliphatic carbocycles. The second-order valence-corrected chi connectivity index (χ2v) is 19.4. The molecule has 6 rings (SSSR count). The molecule has 1 nitrogen and oxygen atoms in total. The normalized spacial score (nSPS) is 15.7. The Labute approximate surface area is 201 Å². The summed E-state index contributed by atoms with van der Waals surface area (Å²) in [7, 11) is -2.94. The van der Waals surface area contributed by atoms with E-state index < -0.39 is 16.1 Å². The summed E-state index contributed by atoms with van der Waals surface area (Å²) in [4.78, 5) is 0. The zero-order chi connectivity index (χ0) is 22.7. The molecular weight excluding hydrogens is 486 g/mol. The summed E-state index contributed by atoms with van der Waals surface area (Å²) < 4.78 is 1.19. The Morgan fingerprint density at radius 1 is 0.531 bits per heavy atom. The SMILES string of the molecule is C[Si]1(C)c2ccccc2-c2ccc(Br)cc21.C[Si]1(C)c2ccccc2-c2ccc(N)cc21. The fourth-order valence-electron chi connectivity index (χ4n) is 5.40. The van der Waals surface area contributed by atoms with E-state index in [0.29, 0.717) is 0 Å². The maximum Gasteiger partial charge on any atom is 0.113 e. The summed E-state index contributed by atoms with van der Waals surface area (Å²) in [5, 5.41) is 6.15. The number of hydrogen-bond acceptors (Lipinski definition) is 1. The third-order valence-corrected chi connectivity index (χ3v) is 14.7. The Bertz CT molecular complexity index is 1250. The van der Waals surface area contributed by atoms with Crippen LogP contribution in [0.15, 0.2) is 89.4 Å². The molecule has 0 radical (unpaired) electrons. The van der Waals surface area contributed by atoms with Crippen LogP contribution in [0, 0.1) is 0 Å². The van der Waals surface area contributed by atoms with Gasteiger partial charge in [0.2, 0.25) is 0 Å². The van der Waals surface area contributed by atoms with Crippen LogP contribution in [0.5, 0.6) is 0 Å². The molecular formula is C28H28BrNSi2. The fourth-order valence-corrected chi connectivity index (χ4v) is 12.2. The van der Waals surface area contributed by atoms with Gasteiger partial charge in [-0.25, -0.2) is 0 Å². The van der Waals surface area contributed by atoms with E-state index in [1.54, 1.807) is 10.4 Å². The number of hydrogen-bond donors (Lipinski definition) is 1. The topological polar surface area (TPSA) is 26.0 Å². The van der Waals surface area contributed by atoms with Crippen molar-refractivity contribution < 1.29 is 0 Å². The third-order valence-electron chi connectivity index (χ3n) is 7.15. The average Bonchev–Trinajstić information content (AvgIpc) is 3.14. The number of halogens is 1. The third kappa shape index (κ3) is 3.24. The van der Waals surface area contributed by atoms with Crippen molar-refractivity contribution in [1.82, 2.24) is 0 Å². The summed E-state index contributed by atoms with van der Waals surface area (Å²) in [5.41, 5.74) is 12.5. The molecule has 0 spiro atoms.